The molecular weight excluding hydrogens is 257 g/mol. The molecule has 1 aromatic rings. The minimum Gasteiger partial charge on any atom is -0.481 e. The van der Waals surface area contributed by atoms with E-state index in [9.17, 15) is 9.18 Å². The molecule has 0 aromatic heterocycles. The molecule has 1 aromatic carbocycles. The van der Waals surface area contributed by atoms with Gasteiger partial charge in [0.15, 0.2) is 0 Å². The number of carboxylic acids is 1. The third-order valence-electron chi connectivity index (χ3n) is 4.18. The van der Waals surface area contributed by atoms with Crippen LogP contribution in [-0.4, -0.2) is 35.1 Å². The summed E-state index contributed by atoms with van der Waals surface area (Å²) >= 11 is 0. The Morgan fingerprint density at radius 1 is 1.50 bits per heavy atom. The van der Waals surface area contributed by atoms with Crippen molar-refractivity contribution >= 4 is 5.97 Å². The first-order valence-corrected chi connectivity index (χ1v) is 7.25. The molecule has 0 spiro atoms. The first kappa shape index (κ1) is 15.0. The van der Waals surface area contributed by atoms with Crippen molar-refractivity contribution in [3.63, 3.8) is 0 Å². The number of rotatable bonds is 6. The first-order valence-electron chi connectivity index (χ1n) is 7.25. The number of hydrogen-bond acceptors (Lipinski definition) is 2. The van der Waals surface area contributed by atoms with Crippen LogP contribution < -0.4 is 0 Å². The second-order valence-electron chi connectivity index (χ2n) is 5.73. The van der Waals surface area contributed by atoms with Crippen molar-refractivity contribution in [1.29, 1.82) is 0 Å². The predicted molar refractivity (Wildman–Crippen MR) is 76.1 cm³/mol. The molecule has 0 amide bonds. The van der Waals surface area contributed by atoms with Gasteiger partial charge in [0.05, 0.1) is 0 Å². The Kier molecular flexibility index (Phi) is 5.12. The Hall–Kier alpha value is -1.42. The Morgan fingerprint density at radius 2 is 2.25 bits per heavy atom. The molecule has 1 heterocycles. The third-order valence-corrected chi connectivity index (χ3v) is 4.18. The number of carboxylic acid groups (broad SMARTS) is 1. The molecule has 0 aliphatic carbocycles. The first-order chi connectivity index (χ1) is 9.56. The van der Waals surface area contributed by atoms with Crippen molar-refractivity contribution in [3.05, 3.63) is 35.6 Å². The van der Waals surface area contributed by atoms with Crippen LogP contribution in [0, 0.1) is 11.7 Å². The van der Waals surface area contributed by atoms with Gasteiger partial charge in [-0.1, -0.05) is 18.2 Å². The van der Waals surface area contributed by atoms with E-state index in [-0.39, 0.29) is 12.2 Å². The zero-order chi connectivity index (χ0) is 14.5. The van der Waals surface area contributed by atoms with E-state index >= 15 is 0 Å². The summed E-state index contributed by atoms with van der Waals surface area (Å²) in [5, 5.41) is 8.72. The summed E-state index contributed by atoms with van der Waals surface area (Å²) < 4.78 is 13.6. The van der Waals surface area contributed by atoms with E-state index in [4.69, 9.17) is 5.11 Å². The van der Waals surface area contributed by atoms with Crippen molar-refractivity contribution in [1.82, 2.24) is 4.90 Å². The Balaban J connectivity index is 1.84. The number of nitrogens with zero attached hydrogens (tertiary/aromatic N) is 1. The van der Waals surface area contributed by atoms with Gasteiger partial charge in [0, 0.05) is 19.0 Å². The standard InChI is InChI=1S/C16H22FNO2/c1-12(10-14-4-2-3-5-15(14)17)18-9-8-13(11-18)6-7-16(19)20/h2-5,12-13H,6-11H2,1H3,(H,19,20). The lowest BCUT2D eigenvalue weighted by Crippen LogP contribution is -2.32. The number of carbonyl (C=O) groups is 1. The van der Waals surface area contributed by atoms with Gasteiger partial charge in [-0.15, -0.1) is 0 Å². The minimum atomic E-state index is -0.720. The smallest absolute Gasteiger partial charge is 0.303 e. The van der Waals surface area contributed by atoms with E-state index in [0.29, 0.717) is 18.4 Å². The number of halogens is 1. The largest absolute Gasteiger partial charge is 0.481 e. The summed E-state index contributed by atoms with van der Waals surface area (Å²) in [6.45, 7) is 4.04. The average Bonchev–Trinajstić information content (AvgIpc) is 2.88. The molecule has 1 aliphatic rings. The summed E-state index contributed by atoms with van der Waals surface area (Å²) in [4.78, 5) is 12.9. The van der Waals surface area contributed by atoms with Crippen LogP contribution in [0.4, 0.5) is 4.39 Å². The van der Waals surface area contributed by atoms with Gasteiger partial charge >= 0.3 is 5.97 Å². The van der Waals surface area contributed by atoms with E-state index in [2.05, 4.69) is 11.8 Å². The van der Waals surface area contributed by atoms with Crippen molar-refractivity contribution < 1.29 is 14.3 Å². The highest BCUT2D eigenvalue weighted by molar-refractivity contribution is 5.66. The van der Waals surface area contributed by atoms with Gasteiger partial charge in [-0.2, -0.15) is 0 Å². The van der Waals surface area contributed by atoms with E-state index < -0.39 is 5.97 Å². The number of aliphatic carboxylic acids is 1. The molecule has 20 heavy (non-hydrogen) atoms. The highest BCUT2D eigenvalue weighted by Crippen LogP contribution is 2.24. The van der Waals surface area contributed by atoms with E-state index in [1.165, 1.54) is 6.07 Å². The fourth-order valence-electron chi connectivity index (χ4n) is 2.94. The molecule has 2 atom stereocenters. The van der Waals surface area contributed by atoms with Gasteiger partial charge in [0.25, 0.3) is 0 Å². The van der Waals surface area contributed by atoms with Crippen molar-refractivity contribution in [2.75, 3.05) is 13.1 Å². The summed E-state index contributed by atoms with van der Waals surface area (Å²) in [5.74, 6) is -0.391. The molecule has 2 unspecified atom stereocenters. The Morgan fingerprint density at radius 3 is 2.95 bits per heavy atom. The summed E-state index contributed by atoms with van der Waals surface area (Å²) in [6.07, 6.45) is 2.76. The average molecular weight is 279 g/mol. The molecule has 1 N–H and O–H groups in total. The molecule has 1 fully saturated rings. The molecule has 4 heteroatoms. The lowest BCUT2D eigenvalue weighted by atomic mass is 10.0. The topological polar surface area (TPSA) is 40.5 Å². The fraction of sp³-hybridized carbons (Fsp3) is 0.562. The molecule has 0 radical (unpaired) electrons. The summed E-state index contributed by atoms with van der Waals surface area (Å²) in [5.41, 5.74) is 0.758. The molecule has 1 aliphatic heterocycles. The van der Waals surface area contributed by atoms with Crippen LogP contribution in [0.15, 0.2) is 24.3 Å². The maximum atomic E-state index is 13.6. The van der Waals surface area contributed by atoms with Crippen LogP contribution in [-0.2, 0) is 11.2 Å². The van der Waals surface area contributed by atoms with Crippen LogP contribution in [0.3, 0.4) is 0 Å². The highest BCUT2D eigenvalue weighted by atomic mass is 19.1. The molecule has 3 nitrogen and oxygen atoms in total. The van der Waals surface area contributed by atoms with E-state index in [1.54, 1.807) is 6.07 Å². The maximum absolute atomic E-state index is 13.6. The van der Waals surface area contributed by atoms with E-state index in [1.807, 2.05) is 12.1 Å². The maximum Gasteiger partial charge on any atom is 0.303 e. The molecular formula is C16H22FNO2. The monoisotopic (exact) mass is 279 g/mol. The second-order valence-corrected chi connectivity index (χ2v) is 5.73. The number of benzene rings is 1. The van der Waals surface area contributed by atoms with Crippen LogP contribution in [0.1, 0.15) is 31.7 Å². The van der Waals surface area contributed by atoms with Crippen molar-refractivity contribution in [2.45, 2.75) is 38.6 Å². The third kappa shape index (κ3) is 4.04. The van der Waals surface area contributed by atoms with Gasteiger partial charge in [-0.25, -0.2) is 4.39 Å². The lowest BCUT2D eigenvalue weighted by Gasteiger charge is -2.24. The fourth-order valence-corrected chi connectivity index (χ4v) is 2.94. The van der Waals surface area contributed by atoms with Crippen LogP contribution in [0.25, 0.3) is 0 Å². The van der Waals surface area contributed by atoms with E-state index in [0.717, 1.165) is 31.5 Å². The zero-order valence-corrected chi connectivity index (χ0v) is 11.9. The minimum absolute atomic E-state index is 0.138. The number of hydrogen-bond donors (Lipinski definition) is 1. The van der Waals surface area contributed by atoms with Crippen molar-refractivity contribution in [2.24, 2.45) is 5.92 Å². The van der Waals surface area contributed by atoms with Gasteiger partial charge < -0.3 is 10.0 Å². The van der Waals surface area contributed by atoms with Crippen LogP contribution in [0.2, 0.25) is 0 Å². The molecule has 110 valence electrons. The molecule has 0 bridgehead atoms. The van der Waals surface area contributed by atoms with Gasteiger partial charge in [-0.3, -0.25) is 4.79 Å². The SMILES string of the molecule is CC(Cc1ccccc1F)N1CCC(CCC(=O)O)C1. The molecule has 2 rings (SSSR count). The molecule has 0 saturated carbocycles. The highest BCUT2D eigenvalue weighted by Gasteiger charge is 2.26. The Labute approximate surface area is 119 Å². The lowest BCUT2D eigenvalue weighted by molar-refractivity contribution is -0.137. The van der Waals surface area contributed by atoms with Gasteiger partial charge in [-0.05, 0) is 50.3 Å². The van der Waals surface area contributed by atoms with Gasteiger partial charge in [0.2, 0.25) is 0 Å². The summed E-state index contributed by atoms with van der Waals surface area (Å²) in [6, 6.07) is 7.21. The number of likely N-dealkylation sites (tertiary alicyclic amines) is 1. The summed E-state index contributed by atoms with van der Waals surface area (Å²) in [7, 11) is 0. The van der Waals surface area contributed by atoms with Crippen LogP contribution in [0.5, 0.6) is 0 Å². The quantitative estimate of drug-likeness (QED) is 0.870. The Bertz CT molecular complexity index is 464. The van der Waals surface area contributed by atoms with Gasteiger partial charge in [0.1, 0.15) is 5.82 Å². The van der Waals surface area contributed by atoms with Crippen LogP contribution >= 0.6 is 0 Å². The normalized spacial score (nSPS) is 21.0. The zero-order valence-electron chi connectivity index (χ0n) is 11.9. The molecule has 1 saturated heterocycles. The second kappa shape index (κ2) is 6.84. The van der Waals surface area contributed by atoms with Crippen molar-refractivity contribution in [3.8, 4) is 0 Å². The predicted octanol–water partition coefficient (Wildman–Crippen LogP) is 2.94.